The van der Waals surface area contributed by atoms with Gasteiger partial charge in [-0.25, -0.2) is 8.42 Å². The molecule has 0 bridgehead atoms. The number of sulfonamides is 1. The summed E-state index contributed by atoms with van der Waals surface area (Å²) in [6, 6.07) is 0.291. The number of piperidine rings is 1. The third-order valence-corrected chi connectivity index (χ3v) is 6.26. The molecule has 1 aliphatic rings. The van der Waals surface area contributed by atoms with Gasteiger partial charge < -0.3 is 5.32 Å². The molecule has 1 saturated heterocycles. The van der Waals surface area contributed by atoms with Crippen LogP contribution in [-0.4, -0.2) is 43.1 Å². The van der Waals surface area contributed by atoms with Gasteiger partial charge in [-0.15, -0.1) is 0 Å². The first kappa shape index (κ1) is 15.9. The van der Waals surface area contributed by atoms with Crippen molar-refractivity contribution in [2.45, 2.75) is 70.7 Å². The highest BCUT2D eigenvalue weighted by molar-refractivity contribution is 7.89. The summed E-state index contributed by atoms with van der Waals surface area (Å²) in [7, 11) is -3.17. The van der Waals surface area contributed by atoms with Crippen molar-refractivity contribution in [2.75, 3.05) is 13.1 Å². The van der Waals surface area contributed by atoms with Gasteiger partial charge in [0.1, 0.15) is 0 Å². The second-order valence-electron chi connectivity index (χ2n) is 5.52. The molecule has 1 rings (SSSR count). The summed E-state index contributed by atoms with van der Waals surface area (Å²) >= 11 is 0. The summed E-state index contributed by atoms with van der Waals surface area (Å²) in [4.78, 5) is 0. The lowest BCUT2D eigenvalue weighted by Crippen LogP contribution is -2.52. The average Bonchev–Trinajstić information content (AvgIpc) is 2.28. The topological polar surface area (TPSA) is 49.4 Å². The average molecular weight is 276 g/mol. The largest absolute Gasteiger partial charge is 0.315 e. The Morgan fingerprint density at radius 2 is 1.83 bits per heavy atom. The zero-order chi connectivity index (χ0) is 13.8. The molecule has 1 N–H and O–H groups in total. The van der Waals surface area contributed by atoms with Crippen molar-refractivity contribution >= 4 is 10.0 Å². The maximum absolute atomic E-state index is 12.6. The Morgan fingerprint density at radius 3 is 2.33 bits per heavy atom. The van der Waals surface area contributed by atoms with Gasteiger partial charge in [0.05, 0.1) is 5.25 Å². The first-order chi connectivity index (χ1) is 8.41. The first-order valence-corrected chi connectivity index (χ1v) is 8.64. The predicted molar refractivity (Wildman–Crippen MR) is 76.2 cm³/mol. The SMILES string of the molecule is CCCNCC(C)S(=O)(=O)N1C(C)CCCC1C. The smallest absolute Gasteiger partial charge is 0.218 e. The second-order valence-corrected chi connectivity index (χ2v) is 7.77. The fourth-order valence-electron chi connectivity index (χ4n) is 2.69. The maximum atomic E-state index is 12.6. The van der Waals surface area contributed by atoms with Gasteiger partial charge >= 0.3 is 0 Å². The number of rotatable bonds is 6. The molecule has 4 nitrogen and oxygen atoms in total. The summed E-state index contributed by atoms with van der Waals surface area (Å²) in [5.74, 6) is 0. The Hall–Kier alpha value is -0.130. The molecule has 18 heavy (non-hydrogen) atoms. The molecule has 0 aliphatic carbocycles. The third kappa shape index (κ3) is 3.68. The van der Waals surface area contributed by atoms with Gasteiger partial charge in [0.15, 0.2) is 0 Å². The molecule has 5 heteroatoms. The van der Waals surface area contributed by atoms with Crippen LogP contribution in [0.25, 0.3) is 0 Å². The molecule has 1 heterocycles. The van der Waals surface area contributed by atoms with Crippen LogP contribution in [0, 0.1) is 0 Å². The summed E-state index contributed by atoms with van der Waals surface area (Å²) in [6.07, 6.45) is 4.14. The van der Waals surface area contributed by atoms with Crippen LogP contribution in [0.15, 0.2) is 0 Å². The number of hydrogen-bond donors (Lipinski definition) is 1. The number of hydrogen-bond acceptors (Lipinski definition) is 3. The molecular formula is C13H28N2O2S. The maximum Gasteiger partial charge on any atom is 0.218 e. The Balaban J connectivity index is 2.71. The van der Waals surface area contributed by atoms with Gasteiger partial charge in [-0.05, 0) is 46.6 Å². The predicted octanol–water partition coefficient (Wildman–Crippen LogP) is 1.97. The van der Waals surface area contributed by atoms with Crippen LogP contribution in [0.2, 0.25) is 0 Å². The molecule has 3 atom stereocenters. The number of nitrogens with one attached hydrogen (secondary N) is 1. The molecule has 0 amide bonds. The van der Waals surface area contributed by atoms with Crippen molar-refractivity contribution in [3.63, 3.8) is 0 Å². The zero-order valence-corrected chi connectivity index (χ0v) is 13.0. The highest BCUT2D eigenvalue weighted by Crippen LogP contribution is 2.27. The lowest BCUT2D eigenvalue weighted by Gasteiger charge is -2.39. The molecule has 0 aromatic rings. The summed E-state index contributed by atoms with van der Waals surface area (Å²) in [5, 5.41) is 2.86. The Labute approximate surface area is 112 Å². The van der Waals surface area contributed by atoms with Crippen LogP contribution in [-0.2, 0) is 10.0 Å². The van der Waals surface area contributed by atoms with E-state index in [0.717, 1.165) is 32.2 Å². The van der Waals surface area contributed by atoms with Crippen LogP contribution < -0.4 is 5.32 Å². The van der Waals surface area contributed by atoms with E-state index >= 15 is 0 Å². The normalized spacial score (nSPS) is 28.2. The van der Waals surface area contributed by atoms with Crippen LogP contribution in [0.5, 0.6) is 0 Å². The fraction of sp³-hybridized carbons (Fsp3) is 1.00. The fourth-order valence-corrected chi connectivity index (χ4v) is 4.65. The first-order valence-electron chi connectivity index (χ1n) is 7.14. The van der Waals surface area contributed by atoms with E-state index in [9.17, 15) is 8.42 Å². The van der Waals surface area contributed by atoms with Gasteiger partial charge in [0.2, 0.25) is 10.0 Å². The van der Waals surface area contributed by atoms with Crippen molar-refractivity contribution in [3.8, 4) is 0 Å². The van der Waals surface area contributed by atoms with Crippen LogP contribution in [0.1, 0.15) is 53.4 Å². The molecular weight excluding hydrogens is 248 g/mol. The third-order valence-electron chi connectivity index (χ3n) is 3.77. The Morgan fingerprint density at radius 1 is 1.28 bits per heavy atom. The van der Waals surface area contributed by atoms with Crippen LogP contribution >= 0.6 is 0 Å². The van der Waals surface area contributed by atoms with Crippen molar-refractivity contribution < 1.29 is 8.42 Å². The molecule has 1 aliphatic heterocycles. The van der Waals surface area contributed by atoms with Gasteiger partial charge in [0.25, 0.3) is 0 Å². The second kappa shape index (κ2) is 6.87. The molecule has 0 radical (unpaired) electrons. The molecule has 0 aromatic carbocycles. The van der Waals surface area contributed by atoms with E-state index in [1.807, 2.05) is 20.8 Å². The van der Waals surface area contributed by atoms with Crippen molar-refractivity contribution in [3.05, 3.63) is 0 Å². The van der Waals surface area contributed by atoms with Gasteiger partial charge in [-0.2, -0.15) is 4.31 Å². The van der Waals surface area contributed by atoms with E-state index in [1.165, 1.54) is 0 Å². The van der Waals surface area contributed by atoms with E-state index in [2.05, 4.69) is 12.2 Å². The van der Waals surface area contributed by atoms with E-state index in [-0.39, 0.29) is 17.3 Å². The van der Waals surface area contributed by atoms with E-state index in [4.69, 9.17) is 0 Å². The monoisotopic (exact) mass is 276 g/mol. The van der Waals surface area contributed by atoms with E-state index in [1.54, 1.807) is 4.31 Å². The molecule has 0 saturated carbocycles. The standard InChI is InChI=1S/C13H28N2O2S/c1-5-9-14-10-13(4)18(16,17)15-11(2)7-6-8-12(15)3/h11-14H,5-10H2,1-4H3. The molecule has 0 spiro atoms. The molecule has 3 unspecified atom stereocenters. The molecule has 0 aromatic heterocycles. The van der Waals surface area contributed by atoms with Crippen molar-refractivity contribution in [2.24, 2.45) is 0 Å². The van der Waals surface area contributed by atoms with E-state index < -0.39 is 10.0 Å². The van der Waals surface area contributed by atoms with Crippen molar-refractivity contribution in [1.82, 2.24) is 9.62 Å². The molecule has 108 valence electrons. The minimum Gasteiger partial charge on any atom is -0.315 e. The van der Waals surface area contributed by atoms with Gasteiger partial charge in [0, 0.05) is 18.6 Å². The van der Waals surface area contributed by atoms with Crippen molar-refractivity contribution in [1.29, 1.82) is 0 Å². The summed E-state index contributed by atoms with van der Waals surface area (Å²) < 4.78 is 26.9. The Kier molecular flexibility index (Phi) is 6.08. The highest BCUT2D eigenvalue weighted by Gasteiger charge is 2.37. The molecule has 1 fully saturated rings. The number of nitrogens with zero attached hydrogens (tertiary/aromatic N) is 1. The minimum atomic E-state index is -3.17. The Bertz CT molecular complexity index is 333. The quantitative estimate of drug-likeness (QED) is 0.755. The van der Waals surface area contributed by atoms with Crippen LogP contribution in [0.3, 0.4) is 0 Å². The van der Waals surface area contributed by atoms with Crippen LogP contribution in [0.4, 0.5) is 0 Å². The minimum absolute atomic E-state index is 0.146. The summed E-state index contributed by atoms with van der Waals surface area (Å²) in [5.41, 5.74) is 0. The van der Waals surface area contributed by atoms with Gasteiger partial charge in [-0.3, -0.25) is 0 Å². The summed E-state index contributed by atoms with van der Waals surface area (Å²) in [6.45, 7) is 9.38. The lowest BCUT2D eigenvalue weighted by molar-refractivity contribution is 0.202. The van der Waals surface area contributed by atoms with E-state index in [0.29, 0.717) is 6.54 Å². The van der Waals surface area contributed by atoms with Gasteiger partial charge in [-0.1, -0.05) is 13.3 Å². The highest BCUT2D eigenvalue weighted by atomic mass is 32.2. The zero-order valence-electron chi connectivity index (χ0n) is 12.1. The lowest BCUT2D eigenvalue weighted by atomic mass is 10.0.